The van der Waals surface area contributed by atoms with Crippen molar-refractivity contribution in [1.82, 2.24) is 14.0 Å². The summed E-state index contributed by atoms with van der Waals surface area (Å²) < 4.78 is 21.8. The number of benzene rings is 2. The van der Waals surface area contributed by atoms with Gasteiger partial charge in [0, 0.05) is 11.0 Å². The molecule has 1 heterocycles. The molecule has 0 fully saturated rings. The van der Waals surface area contributed by atoms with Crippen LogP contribution in [0.2, 0.25) is 0 Å². The summed E-state index contributed by atoms with van der Waals surface area (Å²) in [5, 5.41) is 0. The molecule has 1 unspecified atom stereocenters. The molecule has 0 radical (unpaired) electrons. The molecule has 2 amide bonds. The van der Waals surface area contributed by atoms with E-state index >= 15 is 0 Å². The van der Waals surface area contributed by atoms with Crippen LogP contribution >= 0.6 is 15.9 Å². The Labute approximate surface area is 196 Å². The van der Waals surface area contributed by atoms with Crippen molar-refractivity contribution in [2.75, 3.05) is 13.2 Å². The number of amides is 2. The number of nitrogens with two attached hydrogens (primary N) is 1. The number of aromatic nitrogens is 2. The van der Waals surface area contributed by atoms with Gasteiger partial charge in [0.15, 0.2) is 0 Å². The minimum absolute atomic E-state index is 0.101. The number of halogens is 2. The average molecular weight is 521 g/mol. The number of rotatable bonds is 10. The monoisotopic (exact) mass is 520 g/mol. The van der Waals surface area contributed by atoms with Crippen LogP contribution in [-0.4, -0.2) is 45.5 Å². The first-order valence-electron chi connectivity index (χ1n) is 10.0. The molecule has 0 saturated carbocycles. The van der Waals surface area contributed by atoms with Crippen LogP contribution in [0.1, 0.15) is 18.5 Å². The number of fused-ring (bicyclic) bond motifs is 1. The second-order valence-electron chi connectivity index (χ2n) is 7.26. The van der Waals surface area contributed by atoms with Crippen LogP contribution in [-0.2, 0) is 32.2 Å². The first-order chi connectivity index (χ1) is 15.7. The van der Waals surface area contributed by atoms with Gasteiger partial charge in [0.1, 0.15) is 18.4 Å². The first-order valence-corrected chi connectivity index (χ1v) is 10.8. The van der Waals surface area contributed by atoms with Gasteiger partial charge in [-0.1, -0.05) is 28.1 Å². The van der Waals surface area contributed by atoms with Gasteiger partial charge in [0.25, 0.3) is 0 Å². The third-order valence-electron chi connectivity index (χ3n) is 4.99. The molecular weight excluding hydrogens is 499 g/mol. The molecule has 3 aromatic rings. The molecule has 0 saturated heterocycles. The Hall–Kier alpha value is -3.47. The van der Waals surface area contributed by atoms with Crippen molar-refractivity contribution in [2.24, 2.45) is 5.73 Å². The number of hydrogen-bond acceptors (Lipinski definition) is 5. The van der Waals surface area contributed by atoms with Gasteiger partial charge in [0.05, 0.1) is 24.2 Å². The van der Waals surface area contributed by atoms with E-state index in [2.05, 4.69) is 15.9 Å². The fourth-order valence-corrected chi connectivity index (χ4v) is 4.02. The Morgan fingerprint density at radius 1 is 1.24 bits per heavy atom. The van der Waals surface area contributed by atoms with Crippen LogP contribution in [0.5, 0.6) is 0 Å². The lowest BCUT2D eigenvalue weighted by molar-refractivity contribution is -0.143. The van der Waals surface area contributed by atoms with Crippen molar-refractivity contribution in [3.63, 3.8) is 0 Å². The van der Waals surface area contributed by atoms with Gasteiger partial charge in [-0.3, -0.25) is 23.5 Å². The quantitative estimate of drug-likeness (QED) is 0.324. The number of hydrogen-bond donors (Lipinski definition) is 1. The van der Waals surface area contributed by atoms with E-state index in [-0.39, 0.29) is 30.7 Å². The summed E-state index contributed by atoms with van der Waals surface area (Å²) in [5.74, 6) is -2.18. The van der Waals surface area contributed by atoms with E-state index in [1.54, 1.807) is 19.1 Å². The second-order valence-corrected chi connectivity index (χ2v) is 8.18. The molecule has 0 aliphatic carbocycles. The van der Waals surface area contributed by atoms with Crippen molar-refractivity contribution in [3.05, 3.63) is 68.8 Å². The van der Waals surface area contributed by atoms with Crippen LogP contribution in [0.25, 0.3) is 11.0 Å². The third-order valence-corrected chi connectivity index (χ3v) is 5.48. The molecule has 0 bridgehead atoms. The van der Waals surface area contributed by atoms with E-state index in [1.807, 2.05) is 12.1 Å². The number of carbonyl (C=O) groups excluding carboxylic acids is 3. The van der Waals surface area contributed by atoms with Crippen molar-refractivity contribution in [1.29, 1.82) is 0 Å². The van der Waals surface area contributed by atoms with Crippen LogP contribution in [0.3, 0.4) is 0 Å². The highest BCUT2D eigenvalue weighted by atomic mass is 79.9. The Balaban J connectivity index is 2.04. The fraction of sp³-hybridized carbons (Fsp3) is 0.273. The number of ether oxygens (including phenoxy) is 1. The second kappa shape index (κ2) is 10.4. The SMILES string of the molecule is CCOC(=O)Cn1c(=O)n(C(CN(C=O)Cc2cccc(Br)c2)C(N)=O)c2ccc(F)cc21. The van der Waals surface area contributed by atoms with Crippen molar-refractivity contribution < 1.29 is 23.5 Å². The molecule has 3 rings (SSSR count). The minimum atomic E-state index is -1.26. The maximum atomic E-state index is 14.0. The summed E-state index contributed by atoms with van der Waals surface area (Å²) in [7, 11) is 0. The number of esters is 1. The molecule has 174 valence electrons. The topological polar surface area (TPSA) is 117 Å². The zero-order valence-corrected chi connectivity index (χ0v) is 19.3. The standard InChI is InChI=1S/C22H22BrFN4O5/c1-2-33-20(30)12-27-18-9-16(24)6-7-17(18)28(22(27)32)19(21(25)31)11-26(13-29)10-14-4-3-5-15(23)8-14/h3-9,13,19H,2,10-12H2,1H3,(H2,25,31). The molecular formula is C22H22BrFN4O5. The van der Waals surface area contributed by atoms with E-state index in [4.69, 9.17) is 10.5 Å². The summed E-state index contributed by atoms with van der Waals surface area (Å²) in [6, 6.07) is 9.54. The Bertz CT molecular complexity index is 1260. The van der Waals surface area contributed by atoms with Crippen LogP contribution in [0, 0.1) is 5.82 Å². The van der Waals surface area contributed by atoms with Gasteiger partial charge < -0.3 is 15.4 Å². The molecule has 0 aliphatic heterocycles. The largest absolute Gasteiger partial charge is 0.465 e. The maximum absolute atomic E-state index is 14.0. The van der Waals surface area contributed by atoms with Crippen molar-refractivity contribution >= 4 is 45.2 Å². The van der Waals surface area contributed by atoms with E-state index in [0.717, 1.165) is 31.3 Å². The molecule has 1 aromatic heterocycles. The predicted octanol–water partition coefficient (Wildman–Crippen LogP) is 1.95. The Morgan fingerprint density at radius 2 is 2.00 bits per heavy atom. The molecule has 9 nitrogen and oxygen atoms in total. The van der Waals surface area contributed by atoms with Crippen LogP contribution < -0.4 is 11.4 Å². The normalized spacial score (nSPS) is 11.8. The average Bonchev–Trinajstić information content (AvgIpc) is 3.01. The van der Waals surface area contributed by atoms with E-state index in [1.165, 1.54) is 11.0 Å². The van der Waals surface area contributed by atoms with Crippen LogP contribution in [0.4, 0.5) is 4.39 Å². The van der Waals surface area contributed by atoms with Gasteiger partial charge in [-0.2, -0.15) is 0 Å². The Morgan fingerprint density at radius 3 is 2.64 bits per heavy atom. The summed E-state index contributed by atoms with van der Waals surface area (Å²) >= 11 is 3.36. The van der Waals surface area contributed by atoms with Gasteiger partial charge in [0.2, 0.25) is 12.3 Å². The summed E-state index contributed by atoms with van der Waals surface area (Å²) in [6.07, 6.45) is 0.555. The summed E-state index contributed by atoms with van der Waals surface area (Å²) in [4.78, 5) is 50.7. The zero-order valence-electron chi connectivity index (χ0n) is 17.7. The smallest absolute Gasteiger partial charge is 0.330 e. The highest BCUT2D eigenvalue weighted by molar-refractivity contribution is 9.10. The van der Waals surface area contributed by atoms with E-state index in [9.17, 15) is 23.6 Å². The predicted molar refractivity (Wildman–Crippen MR) is 122 cm³/mol. The molecule has 2 aromatic carbocycles. The molecule has 0 aliphatic rings. The number of imidazole rings is 1. The molecule has 0 spiro atoms. The van der Waals surface area contributed by atoms with E-state index in [0.29, 0.717) is 6.41 Å². The zero-order chi connectivity index (χ0) is 24.1. The minimum Gasteiger partial charge on any atom is -0.465 e. The molecule has 1 atom stereocenters. The lowest BCUT2D eigenvalue weighted by Gasteiger charge is -2.23. The van der Waals surface area contributed by atoms with E-state index < -0.39 is 36.0 Å². The summed E-state index contributed by atoms with van der Waals surface area (Å²) in [6.45, 7) is 1.21. The van der Waals surface area contributed by atoms with Gasteiger partial charge in [-0.25, -0.2) is 9.18 Å². The van der Waals surface area contributed by atoms with Gasteiger partial charge >= 0.3 is 11.7 Å². The number of primary amides is 1. The number of nitrogens with zero attached hydrogens (tertiary/aromatic N) is 3. The van der Waals surface area contributed by atoms with Gasteiger partial charge in [-0.15, -0.1) is 0 Å². The lowest BCUT2D eigenvalue weighted by Crippen LogP contribution is -2.41. The number of carbonyl (C=O) groups is 3. The Kier molecular flexibility index (Phi) is 7.64. The van der Waals surface area contributed by atoms with Crippen molar-refractivity contribution in [3.8, 4) is 0 Å². The van der Waals surface area contributed by atoms with Crippen molar-refractivity contribution in [2.45, 2.75) is 26.1 Å². The molecule has 33 heavy (non-hydrogen) atoms. The fourth-order valence-electron chi connectivity index (χ4n) is 3.58. The lowest BCUT2D eigenvalue weighted by atomic mass is 10.2. The molecule has 11 heteroatoms. The van der Waals surface area contributed by atoms with Crippen LogP contribution in [0.15, 0.2) is 51.7 Å². The van der Waals surface area contributed by atoms with Gasteiger partial charge in [-0.05, 0) is 42.8 Å². The summed E-state index contributed by atoms with van der Waals surface area (Å²) in [5.41, 5.74) is 5.95. The first kappa shape index (κ1) is 24.2. The highest BCUT2D eigenvalue weighted by Gasteiger charge is 2.28. The molecule has 2 N–H and O–H groups in total. The highest BCUT2D eigenvalue weighted by Crippen LogP contribution is 2.21. The maximum Gasteiger partial charge on any atom is 0.330 e. The third kappa shape index (κ3) is 5.48.